The van der Waals surface area contributed by atoms with Crippen molar-refractivity contribution in [3.05, 3.63) is 88.0 Å². The zero-order valence-corrected chi connectivity index (χ0v) is 34.5. The second-order valence-electron chi connectivity index (χ2n) is 14.9. The van der Waals surface area contributed by atoms with E-state index in [1.165, 1.54) is 0 Å². The highest BCUT2D eigenvalue weighted by molar-refractivity contribution is 5.72. The van der Waals surface area contributed by atoms with Crippen LogP contribution in [0.3, 0.4) is 0 Å². The minimum atomic E-state index is -2.22. The molecule has 3 fully saturated rings. The van der Waals surface area contributed by atoms with Crippen LogP contribution < -0.4 is 18.9 Å². The summed E-state index contributed by atoms with van der Waals surface area (Å²) < 4.78 is 59.3. The van der Waals surface area contributed by atoms with Gasteiger partial charge in [0.1, 0.15) is 38.4 Å². The van der Waals surface area contributed by atoms with Crippen LogP contribution in [-0.2, 0) is 52.3 Å². The highest BCUT2D eigenvalue weighted by atomic mass is 16.7. The Hall–Kier alpha value is -7.04. The number of hydrogen-bond acceptors (Lipinski definition) is 24. The second kappa shape index (κ2) is 22.2. The van der Waals surface area contributed by atoms with Gasteiger partial charge in [-0.15, -0.1) is 0 Å². The molecule has 1 N–H and O–H groups in total. The Morgan fingerprint density at radius 1 is 0.561 bits per heavy atom. The highest BCUT2D eigenvalue weighted by Gasteiger charge is 2.53. The predicted molar refractivity (Wildman–Crippen MR) is 207 cm³/mol. The predicted octanol–water partition coefficient (Wildman–Crippen LogP) is 0.869. The van der Waals surface area contributed by atoms with Crippen molar-refractivity contribution in [1.29, 1.82) is 0 Å². The molecule has 0 bridgehead atoms. The summed E-state index contributed by atoms with van der Waals surface area (Å²) >= 11 is 0. The third-order valence-corrected chi connectivity index (χ3v) is 10.5. The minimum absolute atomic E-state index is 0.0218. The molecule has 0 radical (unpaired) electrons. The van der Waals surface area contributed by atoms with E-state index in [2.05, 4.69) is 12.1 Å². The van der Waals surface area contributed by atoms with E-state index in [-0.39, 0.29) is 25.8 Å². The summed E-state index contributed by atoms with van der Waals surface area (Å²) in [6, 6.07) is 12.1. The molecule has 0 aromatic heterocycles. The van der Waals surface area contributed by atoms with Gasteiger partial charge in [-0.05, 0) is 35.4 Å². The zero-order chi connectivity index (χ0) is 47.5. The van der Waals surface area contributed by atoms with Crippen molar-refractivity contribution in [2.75, 3.05) is 59.6 Å². The van der Waals surface area contributed by atoms with E-state index in [9.17, 15) is 64.7 Å². The summed E-state index contributed by atoms with van der Waals surface area (Å²) in [6.45, 7) is -2.53. The van der Waals surface area contributed by atoms with Crippen molar-refractivity contribution in [1.82, 2.24) is 0 Å². The maximum Gasteiger partial charge on any atom is 0.313 e. The van der Waals surface area contributed by atoms with E-state index < -0.39 is 133 Å². The molecule has 358 valence electrons. The van der Waals surface area contributed by atoms with Crippen LogP contribution in [0.2, 0.25) is 0 Å². The largest absolute Gasteiger partial charge is 0.463 e. The van der Waals surface area contributed by atoms with E-state index in [1.54, 1.807) is 0 Å². The summed E-state index contributed by atoms with van der Waals surface area (Å²) in [4.78, 5) is 87.3. The number of carbonyl (C=O) groups is 4. The molecule has 5 heterocycles. The molecule has 28 heteroatoms. The first-order valence-electron chi connectivity index (χ1n) is 20.1. The molecule has 3 saturated heterocycles. The molecule has 0 amide bonds. The number of fused-ring (bicyclic) bond motifs is 3. The fourth-order valence-electron chi connectivity index (χ4n) is 7.46. The quantitative estimate of drug-likeness (QED) is 0.0883. The Kier molecular flexibility index (Phi) is 16.3. The molecule has 2 aromatic carbocycles. The molecule has 9 atom stereocenters. The molecular weight excluding hydrogens is 896 g/mol. The second-order valence-corrected chi connectivity index (χ2v) is 14.9. The van der Waals surface area contributed by atoms with Crippen molar-refractivity contribution < 1.29 is 96.1 Å². The highest BCUT2D eigenvalue weighted by Crippen LogP contribution is 2.52. The zero-order valence-electron chi connectivity index (χ0n) is 34.5. The number of esters is 4. The lowest BCUT2D eigenvalue weighted by Gasteiger charge is -2.42. The standard InChI is InChI=1S/C20H18O6.C18H24N4O18/c1-3-15-17(25-9-23-15)5-11(1)19-13-7-22-20(14(13)8-21-19)12-2-4-16-18(6-12)26-10-24-16;23-11(1-5-19(28)29)36-9-10-15(38-12(24)2-6-20(30)31)16(39-13(25)3-7-21(32)33)17(18(27)37-10)40-14(26)4-8-22(34)35/h1-6,13-14,19-20H,7-10H2;10,15-18,27H,1-9H2. The lowest BCUT2D eigenvalue weighted by molar-refractivity contribution is -0.479. The van der Waals surface area contributed by atoms with Gasteiger partial charge < -0.3 is 57.2 Å². The maximum atomic E-state index is 12.3. The molecule has 66 heavy (non-hydrogen) atoms. The van der Waals surface area contributed by atoms with E-state index >= 15 is 0 Å². The Balaban J connectivity index is 0.000000235. The molecule has 0 spiro atoms. The first kappa shape index (κ1) is 48.4. The number of hydrogen-bond donors (Lipinski definition) is 1. The molecule has 7 rings (SSSR count). The molecule has 0 aliphatic carbocycles. The Morgan fingerprint density at radius 2 is 0.955 bits per heavy atom. The van der Waals surface area contributed by atoms with Crippen molar-refractivity contribution >= 4 is 23.9 Å². The fraction of sp³-hybridized carbons (Fsp3) is 0.579. The number of carbonyl (C=O) groups excluding carboxylic acids is 4. The average molecular weight is 939 g/mol. The first-order chi connectivity index (χ1) is 31.6. The molecule has 0 saturated carbocycles. The van der Waals surface area contributed by atoms with Crippen LogP contribution in [0.4, 0.5) is 0 Å². The van der Waals surface area contributed by atoms with E-state index in [1.807, 2.05) is 24.3 Å². The van der Waals surface area contributed by atoms with Gasteiger partial charge in [0.05, 0.1) is 25.4 Å². The van der Waals surface area contributed by atoms with Gasteiger partial charge in [-0.1, -0.05) is 12.1 Å². The average Bonchev–Trinajstić information content (AvgIpc) is 4.10. The number of benzene rings is 2. The molecular formula is C38H42N4O24. The van der Waals surface area contributed by atoms with Crippen molar-refractivity contribution in [3.8, 4) is 23.0 Å². The number of nitrogens with zero attached hydrogens (tertiary/aromatic N) is 4. The Morgan fingerprint density at radius 3 is 1.39 bits per heavy atom. The first-order valence-corrected chi connectivity index (χ1v) is 20.1. The van der Waals surface area contributed by atoms with E-state index in [0.29, 0.717) is 25.0 Å². The van der Waals surface area contributed by atoms with Crippen LogP contribution in [0.25, 0.3) is 0 Å². The monoisotopic (exact) mass is 938 g/mol. The summed E-state index contributed by atoms with van der Waals surface area (Å²) in [5.74, 6) is -1.24. The van der Waals surface area contributed by atoms with E-state index in [4.69, 9.17) is 52.1 Å². The van der Waals surface area contributed by atoms with Crippen molar-refractivity contribution in [2.45, 2.75) is 68.6 Å². The summed E-state index contributed by atoms with van der Waals surface area (Å²) in [5, 5.41) is 52.7. The van der Waals surface area contributed by atoms with Gasteiger partial charge in [0.25, 0.3) is 0 Å². The van der Waals surface area contributed by atoms with E-state index in [0.717, 1.165) is 34.1 Å². The van der Waals surface area contributed by atoms with Gasteiger partial charge >= 0.3 is 23.9 Å². The molecule has 5 aliphatic rings. The van der Waals surface area contributed by atoms with Crippen molar-refractivity contribution in [2.24, 2.45) is 11.8 Å². The molecule has 9 unspecified atom stereocenters. The number of aliphatic hydroxyl groups excluding tert-OH is 1. The minimum Gasteiger partial charge on any atom is -0.463 e. The van der Waals surface area contributed by atoms with Gasteiger partial charge in [0.2, 0.25) is 39.8 Å². The molecule has 28 nitrogen and oxygen atoms in total. The summed E-state index contributed by atoms with van der Waals surface area (Å²) in [5.41, 5.74) is 2.24. The third kappa shape index (κ3) is 12.8. The van der Waals surface area contributed by atoms with Crippen LogP contribution in [0.15, 0.2) is 36.4 Å². The molecule has 5 aliphatic heterocycles. The van der Waals surface area contributed by atoms with Crippen LogP contribution in [0.5, 0.6) is 23.0 Å². The Bertz CT molecular complexity index is 2080. The number of rotatable bonds is 19. The third-order valence-electron chi connectivity index (χ3n) is 10.5. The smallest absolute Gasteiger partial charge is 0.313 e. The maximum absolute atomic E-state index is 12.3. The Labute approximate surface area is 370 Å². The fourth-order valence-corrected chi connectivity index (χ4v) is 7.46. The lowest BCUT2D eigenvalue weighted by atomic mass is 9.85. The topological polar surface area (TPSA) is 363 Å². The number of aliphatic hydroxyl groups is 1. The van der Waals surface area contributed by atoms with Crippen LogP contribution in [0.1, 0.15) is 49.0 Å². The van der Waals surface area contributed by atoms with Gasteiger partial charge in [-0.2, -0.15) is 0 Å². The molecule has 2 aromatic rings. The normalized spacial score (nSPS) is 25.3. The van der Waals surface area contributed by atoms with Gasteiger partial charge in [-0.3, -0.25) is 59.6 Å². The SMILES string of the molecule is O=C(CC[N+](=O)[O-])OCC1OC(O)C(OC(=O)CC[N+](=O)[O-])C(OC(=O)CC[N+](=O)[O-])C1OC(=O)CC[N+](=O)[O-].c1cc2c(cc1C1OCC3C(c4ccc5c(c4)OCO5)OCC13)OCO2. The van der Waals surface area contributed by atoms with Crippen LogP contribution in [0, 0.1) is 52.3 Å². The van der Waals surface area contributed by atoms with Gasteiger partial charge in [0.15, 0.2) is 47.6 Å². The number of nitro groups is 4. The van der Waals surface area contributed by atoms with Crippen molar-refractivity contribution in [3.63, 3.8) is 0 Å². The van der Waals surface area contributed by atoms with Crippen LogP contribution in [-0.4, -0.2) is 139 Å². The van der Waals surface area contributed by atoms with Gasteiger partial charge in [-0.25, -0.2) is 0 Å². The van der Waals surface area contributed by atoms with Crippen LogP contribution >= 0.6 is 0 Å². The number of ether oxygens (including phenoxy) is 11. The summed E-state index contributed by atoms with van der Waals surface area (Å²) in [7, 11) is 0. The van der Waals surface area contributed by atoms with Gasteiger partial charge in [0, 0.05) is 31.5 Å². The lowest BCUT2D eigenvalue weighted by Crippen LogP contribution is -2.62. The summed E-state index contributed by atoms with van der Waals surface area (Å²) in [6.07, 6.45) is -13.1.